The second-order valence-electron chi connectivity index (χ2n) is 4.65. The number of nitrogens with one attached hydrogen (secondary N) is 1. The number of rotatable bonds is 6. The summed E-state index contributed by atoms with van der Waals surface area (Å²) in [5.41, 5.74) is 1.58. The van der Waals surface area contributed by atoms with Gasteiger partial charge >= 0.3 is 0 Å². The van der Waals surface area contributed by atoms with Crippen molar-refractivity contribution in [2.24, 2.45) is 0 Å². The smallest absolute Gasteiger partial charge is 0.241 e. The molecule has 0 aliphatic rings. The minimum atomic E-state index is -3.52. The van der Waals surface area contributed by atoms with Crippen LogP contribution < -0.4 is 9.46 Å². The largest absolute Gasteiger partial charge is 0.494 e. The van der Waals surface area contributed by atoms with E-state index >= 15 is 0 Å². The summed E-state index contributed by atoms with van der Waals surface area (Å²) >= 11 is 1.53. The lowest BCUT2D eigenvalue weighted by Gasteiger charge is -2.14. The molecule has 0 radical (unpaired) electrons. The molecular formula is C15H19NO3S2. The third-order valence-electron chi connectivity index (χ3n) is 3.29. The van der Waals surface area contributed by atoms with Crippen LogP contribution in [-0.2, 0) is 16.6 Å². The highest BCUT2D eigenvalue weighted by atomic mass is 32.2. The lowest BCUT2D eigenvalue weighted by atomic mass is 10.1. The summed E-state index contributed by atoms with van der Waals surface area (Å²) in [6.07, 6.45) is 0. The van der Waals surface area contributed by atoms with Crippen LogP contribution in [0.5, 0.6) is 5.75 Å². The Kier molecular flexibility index (Phi) is 5.03. The third-order valence-corrected chi connectivity index (χ3v) is 5.72. The molecule has 114 valence electrons. The van der Waals surface area contributed by atoms with Crippen molar-refractivity contribution in [2.45, 2.75) is 32.2 Å². The minimum Gasteiger partial charge on any atom is -0.494 e. The van der Waals surface area contributed by atoms with E-state index in [-0.39, 0.29) is 0 Å². The van der Waals surface area contributed by atoms with Crippen molar-refractivity contribution in [1.29, 1.82) is 0 Å². The molecule has 6 heteroatoms. The van der Waals surface area contributed by atoms with Gasteiger partial charge in [-0.2, -0.15) is 0 Å². The first kappa shape index (κ1) is 16.0. The number of thiophene rings is 1. The van der Waals surface area contributed by atoms with Crippen molar-refractivity contribution in [2.75, 3.05) is 6.61 Å². The fourth-order valence-corrected chi connectivity index (χ4v) is 4.07. The molecule has 0 saturated carbocycles. The molecule has 21 heavy (non-hydrogen) atoms. The zero-order chi connectivity index (χ0) is 15.5. The van der Waals surface area contributed by atoms with Gasteiger partial charge in [0.1, 0.15) is 5.75 Å². The summed E-state index contributed by atoms with van der Waals surface area (Å²) in [6, 6.07) is 7.12. The van der Waals surface area contributed by atoms with E-state index in [4.69, 9.17) is 4.74 Å². The highest BCUT2D eigenvalue weighted by Gasteiger charge is 2.19. The number of benzene rings is 1. The molecule has 0 aliphatic heterocycles. The monoisotopic (exact) mass is 325 g/mol. The Bertz CT molecular complexity index is 707. The SMILES string of the molecule is CCOc1ccc(S(=O)(=O)NCc2cccs2)c(C)c1C. The number of sulfonamides is 1. The maximum absolute atomic E-state index is 12.4. The van der Waals surface area contributed by atoms with Crippen LogP contribution in [0.2, 0.25) is 0 Å². The van der Waals surface area contributed by atoms with E-state index in [1.807, 2.05) is 31.4 Å². The van der Waals surface area contributed by atoms with E-state index in [0.29, 0.717) is 18.0 Å². The molecule has 2 aromatic rings. The van der Waals surface area contributed by atoms with Crippen LogP contribution in [0.15, 0.2) is 34.5 Å². The fourth-order valence-electron chi connectivity index (χ4n) is 2.03. The maximum atomic E-state index is 12.4. The number of hydrogen-bond acceptors (Lipinski definition) is 4. The van der Waals surface area contributed by atoms with Crippen LogP contribution in [0.4, 0.5) is 0 Å². The van der Waals surface area contributed by atoms with Gasteiger partial charge in [-0.3, -0.25) is 0 Å². The fraction of sp³-hybridized carbons (Fsp3) is 0.333. The Hall–Kier alpha value is -1.37. The minimum absolute atomic E-state index is 0.306. The Morgan fingerprint density at radius 3 is 2.57 bits per heavy atom. The molecule has 0 aliphatic carbocycles. The van der Waals surface area contributed by atoms with Gasteiger partial charge < -0.3 is 4.74 Å². The molecule has 0 saturated heterocycles. The summed E-state index contributed by atoms with van der Waals surface area (Å²) in [5.74, 6) is 0.729. The van der Waals surface area contributed by atoms with Crippen LogP contribution >= 0.6 is 11.3 Å². The van der Waals surface area contributed by atoms with Crippen LogP contribution in [0.1, 0.15) is 22.9 Å². The maximum Gasteiger partial charge on any atom is 0.241 e. The molecule has 0 bridgehead atoms. The molecular weight excluding hydrogens is 306 g/mol. The van der Waals surface area contributed by atoms with Crippen LogP contribution in [0.3, 0.4) is 0 Å². The average Bonchev–Trinajstić information content (AvgIpc) is 2.95. The molecule has 1 aromatic carbocycles. The van der Waals surface area contributed by atoms with E-state index in [0.717, 1.165) is 21.8 Å². The van der Waals surface area contributed by atoms with Crippen LogP contribution in [-0.4, -0.2) is 15.0 Å². The standard InChI is InChI=1S/C15H19NO3S2/c1-4-19-14-7-8-15(12(3)11(14)2)21(17,18)16-10-13-6-5-9-20-13/h5-9,16H,4,10H2,1-3H3. The van der Waals surface area contributed by atoms with Gasteiger partial charge in [0.05, 0.1) is 11.5 Å². The van der Waals surface area contributed by atoms with E-state index in [2.05, 4.69) is 4.72 Å². The molecule has 0 atom stereocenters. The molecule has 1 aromatic heterocycles. The van der Waals surface area contributed by atoms with Gasteiger partial charge in [0, 0.05) is 11.4 Å². The number of ether oxygens (including phenoxy) is 1. The van der Waals surface area contributed by atoms with Crippen molar-refractivity contribution in [1.82, 2.24) is 4.72 Å². The van der Waals surface area contributed by atoms with Gasteiger partial charge in [-0.1, -0.05) is 6.07 Å². The lowest BCUT2D eigenvalue weighted by molar-refractivity contribution is 0.337. The molecule has 0 unspecified atom stereocenters. The zero-order valence-corrected chi connectivity index (χ0v) is 14.0. The normalized spacial score (nSPS) is 11.6. The predicted octanol–water partition coefficient (Wildman–Crippen LogP) is 3.24. The van der Waals surface area contributed by atoms with Crippen LogP contribution in [0, 0.1) is 13.8 Å². The summed E-state index contributed by atoms with van der Waals surface area (Å²) in [4.78, 5) is 1.29. The van der Waals surface area contributed by atoms with Crippen molar-refractivity contribution in [3.05, 3.63) is 45.6 Å². The van der Waals surface area contributed by atoms with Gasteiger partial charge in [-0.05, 0) is 55.5 Å². The second kappa shape index (κ2) is 6.60. The van der Waals surface area contributed by atoms with Crippen molar-refractivity contribution >= 4 is 21.4 Å². The van der Waals surface area contributed by atoms with Gasteiger partial charge in [-0.15, -0.1) is 11.3 Å². The van der Waals surface area contributed by atoms with Gasteiger partial charge in [0.2, 0.25) is 10.0 Å². The van der Waals surface area contributed by atoms with Gasteiger partial charge in [-0.25, -0.2) is 13.1 Å². The zero-order valence-electron chi connectivity index (χ0n) is 12.3. The van der Waals surface area contributed by atoms with E-state index in [1.54, 1.807) is 19.1 Å². The highest BCUT2D eigenvalue weighted by Crippen LogP contribution is 2.27. The second-order valence-corrected chi connectivity index (χ2v) is 7.42. The van der Waals surface area contributed by atoms with Crippen molar-refractivity contribution in [3.63, 3.8) is 0 Å². The predicted molar refractivity (Wildman–Crippen MR) is 85.4 cm³/mol. The Morgan fingerprint density at radius 2 is 1.95 bits per heavy atom. The Balaban J connectivity index is 2.25. The van der Waals surface area contributed by atoms with Crippen molar-refractivity contribution in [3.8, 4) is 5.75 Å². The summed E-state index contributed by atoms with van der Waals surface area (Å²) in [6.45, 7) is 6.45. The summed E-state index contributed by atoms with van der Waals surface area (Å²) in [5, 5.41) is 1.93. The first-order valence-electron chi connectivity index (χ1n) is 6.70. The molecule has 2 rings (SSSR count). The molecule has 1 heterocycles. The molecule has 0 spiro atoms. The third kappa shape index (κ3) is 3.64. The van der Waals surface area contributed by atoms with Crippen molar-refractivity contribution < 1.29 is 13.2 Å². The quantitative estimate of drug-likeness (QED) is 0.887. The summed E-state index contributed by atoms with van der Waals surface area (Å²) in [7, 11) is -3.52. The van der Waals surface area contributed by atoms with E-state index in [9.17, 15) is 8.42 Å². The molecule has 1 N–H and O–H groups in total. The topological polar surface area (TPSA) is 55.4 Å². The first-order chi connectivity index (χ1) is 9.95. The van der Waals surface area contributed by atoms with E-state index in [1.165, 1.54) is 11.3 Å². The van der Waals surface area contributed by atoms with E-state index < -0.39 is 10.0 Å². The molecule has 4 nitrogen and oxygen atoms in total. The van der Waals surface area contributed by atoms with Crippen LogP contribution in [0.25, 0.3) is 0 Å². The van der Waals surface area contributed by atoms with Gasteiger partial charge in [0.15, 0.2) is 0 Å². The summed E-state index contributed by atoms with van der Waals surface area (Å²) < 4.78 is 33.0. The average molecular weight is 325 g/mol. The van der Waals surface area contributed by atoms with Gasteiger partial charge in [0.25, 0.3) is 0 Å². The molecule has 0 fully saturated rings. The lowest BCUT2D eigenvalue weighted by Crippen LogP contribution is -2.23. The Morgan fingerprint density at radius 1 is 1.19 bits per heavy atom. The highest BCUT2D eigenvalue weighted by molar-refractivity contribution is 7.89. The Labute approximate surface area is 129 Å². The number of hydrogen-bond donors (Lipinski definition) is 1. The molecule has 0 amide bonds. The first-order valence-corrected chi connectivity index (χ1v) is 9.07.